The molecule has 14 heavy (non-hydrogen) atoms. The van der Waals surface area contributed by atoms with Crippen LogP contribution in [0.4, 0.5) is 4.79 Å². The molecule has 3 amide bonds. The summed E-state index contributed by atoms with van der Waals surface area (Å²) in [7, 11) is 0. The van der Waals surface area contributed by atoms with Gasteiger partial charge in [0.1, 0.15) is 5.54 Å². The van der Waals surface area contributed by atoms with Gasteiger partial charge in [-0.3, -0.25) is 10.1 Å². The largest absolute Gasteiger partial charge is 0.328 e. The van der Waals surface area contributed by atoms with Crippen LogP contribution in [0.2, 0.25) is 0 Å². The molecule has 2 fully saturated rings. The molecule has 0 spiro atoms. The molecule has 0 radical (unpaired) electrons. The summed E-state index contributed by atoms with van der Waals surface area (Å²) in [5.74, 6) is -0.0337. The Kier molecular flexibility index (Phi) is 3.01. The van der Waals surface area contributed by atoms with E-state index in [0.29, 0.717) is 0 Å². The van der Waals surface area contributed by atoms with Crippen molar-refractivity contribution in [2.45, 2.75) is 24.8 Å². The summed E-state index contributed by atoms with van der Waals surface area (Å²) in [5.41, 5.74) is 4.75. The second kappa shape index (κ2) is 3.74. The van der Waals surface area contributed by atoms with Gasteiger partial charge in [-0.1, -0.05) is 6.42 Å². The zero-order valence-corrected chi connectivity index (χ0v) is 8.52. The highest BCUT2D eigenvalue weighted by Gasteiger charge is 2.52. The molecule has 2 aliphatic rings. The van der Waals surface area contributed by atoms with Crippen molar-refractivity contribution in [1.29, 1.82) is 0 Å². The van der Waals surface area contributed by atoms with Crippen LogP contribution in [0.1, 0.15) is 19.3 Å². The van der Waals surface area contributed by atoms with Crippen LogP contribution in [-0.2, 0) is 4.79 Å². The van der Waals surface area contributed by atoms with Gasteiger partial charge in [-0.25, -0.2) is 4.79 Å². The van der Waals surface area contributed by atoms with E-state index in [4.69, 9.17) is 5.73 Å². The predicted octanol–water partition coefficient (Wildman–Crippen LogP) is -0.255. The van der Waals surface area contributed by atoms with Gasteiger partial charge < -0.3 is 11.1 Å². The molecule has 1 saturated heterocycles. The first-order chi connectivity index (χ1) is 6.19. The molecule has 2 rings (SSSR count). The lowest BCUT2D eigenvalue weighted by Crippen LogP contribution is -2.60. The van der Waals surface area contributed by atoms with Gasteiger partial charge in [0.2, 0.25) is 0 Å². The van der Waals surface area contributed by atoms with Gasteiger partial charge in [0, 0.05) is 6.54 Å². The summed E-state index contributed by atoms with van der Waals surface area (Å²) in [6.45, 7) is 0.190. The summed E-state index contributed by atoms with van der Waals surface area (Å²) in [6.07, 6.45) is 3.07. The Hall–Kier alpha value is -0.810. The van der Waals surface area contributed by atoms with Crippen molar-refractivity contribution in [2.75, 3.05) is 6.54 Å². The SMILES string of the molecule is Cl.NC[C@@]1(C2CCC2)NC(=O)NC1=O. The van der Waals surface area contributed by atoms with Gasteiger partial charge in [0.25, 0.3) is 5.91 Å². The lowest BCUT2D eigenvalue weighted by Gasteiger charge is -2.39. The fraction of sp³-hybridized carbons (Fsp3) is 0.750. The lowest BCUT2D eigenvalue weighted by molar-refractivity contribution is -0.126. The number of urea groups is 1. The van der Waals surface area contributed by atoms with Gasteiger partial charge in [-0.05, 0) is 18.8 Å². The topological polar surface area (TPSA) is 84.2 Å². The summed E-state index contributed by atoms with van der Waals surface area (Å²) >= 11 is 0. The van der Waals surface area contributed by atoms with Crippen molar-refractivity contribution in [3.8, 4) is 0 Å². The van der Waals surface area contributed by atoms with Crippen molar-refractivity contribution in [3.05, 3.63) is 0 Å². The van der Waals surface area contributed by atoms with Gasteiger partial charge in [-0.2, -0.15) is 0 Å². The Labute approximate surface area is 88.2 Å². The van der Waals surface area contributed by atoms with Crippen LogP contribution in [-0.4, -0.2) is 24.0 Å². The Balaban J connectivity index is 0.000000980. The fourth-order valence-electron chi connectivity index (χ4n) is 2.00. The molecule has 1 saturated carbocycles. The molecule has 1 atom stereocenters. The van der Waals surface area contributed by atoms with Crippen molar-refractivity contribution in [1.82, 2.24) is 10.6 Å². The number of carbonyl (C=O) groups excluding carboxylic acids is 2. The van der Waals surface area contributed by atoms with E-state index in [0.717, 1.165) is 19.3 Å². The van der Waals surface area contributed by atoms with E-state index in [2.05, 4.69) is 10.6 Å². The number of nitrogens with one attached hydrogen (secondary N) is 2. The Morgan fingerprint density at radius 3 is 2.36 bits per heavy atom. The maximum absolute atomic E-state index is 11.5. The lowest BCUT2D eigenvalue weighted by atomic mass is 9.70. The van der Waals surface area contributed by atoms with Crippen LogP contribution in [0.15, 0.2) is 0 Å². The predicted molar refractivity (Wildman–Crippen MR) is 53.0 cm³/mol. The minimum Gasteiger partial charge on any atom is -0.328 e. The average molecular weight is 220 g/mol. The molecule has 6 heteroatoms. The molecule has 0 aromatic carbocycles. The Morgan fingerprint density at radius 1 is 1.43 bits per heavy atom. The van der Waals surface area contributed by atoms with E-state index in [9.17, 15) is 9.59 Å². The maximum Gasteiger partial charge on any atom is 0.322 e. The van der Waals surface area contributed by atoms with Crippen molar-refractivity contribution < 1.29 is 9.59 Å². The summed E-state index contributed by atoms with van der Waals surface area (Å²) in [5, 5.41) is 4.88. The number of amides is 3. The minimum absolute atomic E-state index is 0. The van der Waals surface area contributed by atoms with Crippen molar-refractivity contribution >= 4 is 24.3 Å². The summed E-state index contributed by atoms with van der Waals surface area (Å²) < 4.78 is 0. The highest BCUT2D eigenvalue weighted by molar-refractivity contribution is 6.07. The van der Waals surface area contributed by atoms with E-state index in [1.54, 1.807) is 0 Å². The average Bonchev–Trinajstić information content (AvgIpc) is 2.24. The first-order valence-electron chi connectivity index (χ1n) is 4.53. The quantitative estimate of drug-likeness (QED) is 0.560. The number of hydrogen-bond donors (Lipinski definition) is 3. The molecule has 4 N–H and O–H groups in total. The van der Waals surface area contributed by atoms with E-state index in [1.165, 1.54) is 0 Å². The number of hydrogen-bond acceptors (Lipinski definition) is 3. The fourth-order valence-corrected chi connectivity index (χ4v) is 2.00. The first-order valence-corrected chi connectivity index (χ1v) is 4.53. The molecule has 1 aliphatic carbocycles. The zero-order chi connectivity index (χ0) is 9.47. The van der Waals surface area contributed by atoms with Gasteiger partial charge in [0.05, 0.1) is 0 Å². The second-order valence-corrected chi connectivity index (χ2v) is 3.71. The van der Waals surface area contributed by atoms with Crippen LogP contribution >= 0.6 is 12.4 Å². The number of rotatable bonds is 2. The monoisotopic (exact) mass is 219 g/mol. The smallest absolute Gasteiger partial charge is 0.322 e. The number of carbonyl (C=O) groups is 2. The second-order valence-electron chi connectivity index (χ2n) is 3.71. The van der Waals surface area contributed by atoms with Crippen LogP contribution in [0, 0.1) is 5.92 Å². The first kappa shape index (κ1) is 11.3. The van der Waals surface area contributed by atoms with Crippen molar-refractivity contribution in [3.63, 3.8) is 0 Å². The molecule has 1 aliphatic heterocycles. The van der Waals surface area contributed by atoms with Crippen LogP contribution in [0.5, 0.6) is 0 Å². The molecule has 0 aromatic heterocycles. The van der Waals surface area contributed by atoms with Gasteiger partial charge in [-0.15, -0.1) is 12.4 Å². The highest BCUT2D eigenvalue weighted by Crippen LogP contribution is 2.37. The molecule has 5 nitrogen and oxygen atoms in total. The summed E-state index contributed by atoms with van der Waals surface area (Å²) in [4.78, 5) is 22.5. The molecule has 0 aromatic rings. The molecule has 1 heterocycles. The standard InChI is InChI=1S/C8H13N3O2.ClH/c9-4-8(5-2-1-3-5)6(12)10-7(13)11-8;/h5H,1-4,9H2,(H2,10,11,12,13);1H/t8-;/m0./s1. The highest BCUT2D eigenvalue weighted by atomic mass is 35.5. The third-order valence-corrected chi connectivity index (χ3v) is 3.09. The molecular formula is C8H14ClN3O2. The van der Waals surface area contributed by atoms with Crippen LogP contribution in [0.3, 0.4) is 0 Å². The normalized spacial score (nSPS) is 31.5. The third kappa shape index (κ3) is 1.36. The van der Waals surface area contributed by atoms with E-state index in [1.807, 2.05) is 0 Å². The molecule has 0 bridgehead atoms. The third-order valence-electron chi connectivity index (χ3n) is 3.09. The Morgan fingerprint density at radius 2 is 2.07 bits per heavy atom. The molecular weight excluding hydrogens is 206 g/mol. The molecule has 80 valence electrons. The van der Waals surface area contributed by atoms with E-state index < -0.39 is 11.6 Å². The number of halogens is 1. The van der Waals surface area contributed by atoms with Gasteiger partial charge in [0.15, 0.2) is 0 Å². The zero-order valence-electron chi connectivity index (χ0n) is 7.71. The number of imide groups is 1. The van der Waals surface area contributed by atoms with E-state index in [-0.39, 0.29) is 30.8 Å². The maximum atomic E-state index is 11.5. The number of nitrogens with two attached hydrogens (primary N) is 1. The van der Waals surface area contributed by atoms with Crippen molar-refractivity contribution in [2.24, 2.45) is 11.7 Å². The molecule has 0 unspecified atom stereocenters. The van der Waals surface area contributed by atoms with Crippen LogP contribution in [0.25, 0.3) is 0 Å². The summed E-state index contributed by atoms with van der Waals surface area (Å²) in [6, 6.07) is -0.414. The minimum atomic E-state index is -0.810. The van der Waals surface area contributed by atoms with Crippen LogP contribution < -0.4 is 16.4 Å². The Bertz CT molecular complexity index is 267. The van der Waals surface area contributed by atoms with E-state index >= 15 is 0 Å². The van der Waals surface area contributed by atoms with Gasteiger partial charge >= 0.3 is 6.03 Å².